The van der Waals surface area contributed by atoms with Gasteiger partial charge < -0.3 is 20.6 Å². The molecule has 1 heterocycles. The lowest BCUT2D eigenvalue weighted by molar-refractivity contribution is -0.125. The van der Waals surface area contributed by atoms with Crippen molar-refractivity contribution >= 4 is 23.4 Å². The second kappa shape index (κ2) is 10.3. The van der Waals surface area contributed by atoms with Gasteiger partial charge >= 0.3 is 0 Å². The third-order valence-corrected chi connectivity index (χ3v) is 5.92. The van der Waals surface area contributed by atoms with E-state index in [9.17, 15) is 14.7 Å². The summed E-state index contributed by atoms with van der Waals surface area (Å²) in [6, 6.07) is 15.8. The minimum Gasteiger partial charge on any atom is -0.387 e. The van der Waals surface area contributed by atoms with Gasteiger partial charge in [0.1, 0.15) is 6.04 Å². The Morgan fingerprint density at radius 2 is 1.84 bits per heavy atom. The first-order valence-electron chi connectivity index (χ1n) is 10.6. The summed E-state index contributed by atoms with van der Waals surface area (Å²) in [5, 5.41) is 17.2. The smallest absolute Gasteiger partial charge is 0.254 e. The largest absolute Gasteiger partial charge is 0.387 e. The highest BCUT2D eigenvalue weighted by molar-refractivity contribution is 6.31. The van der Waals surface area contributed by atoms with Crippen LogP contribution in [0.5, 0.6) is 0 Å². The summed E-state index contributed by atoms with van der Waals surface area (Å²) < 4.78 is 0. The first-order valence-corrected chi connectivity index (χ1v) is 11.0. The molecular formula is C24H30ClN3O3. The number of amides is 2. The number of carbonyl (C=O) groups is 2. The Hall–Kier alpha value is -2.41. The normalized spacial score (nSPS) is 17.4. The molecule has 0 radical (unpaired) electrons. The standard InChI is InChI=1S/C24H30ClN3O3/c1-24(2,27-15-21(29)18-11-6-7-12-19(18)25)16-26-22(30)20-13-8-14-28(20)23(31)17-9-4-3-5-10-17/h3-7,9-12,20-21,27,29H,8,13-16H2,1-2H3,(H,26,30)/t20-,21?/m1/s1. The predicted molar refractivity (Wildman–Crippen MR) is 122 cm³/mol. The van der Waals surface area contributed by atoms with Crippen molar-refractivity contribution in [2.24, 2.45) is 0 Å². The number of aliphatic hydroxyl groups excluding tert-OH is 1. The van der Waals surface area contributed by atoms with E-state index in [1.807, 2.05) is 44.2 Å². The number of carbonyl (C=O) groups excluding carboxylic acids is 2. The Kier molecular flexibility index (Phi) is 7.70. The number of benzene rings is 2. The molecule has 0 bridgehead atoms. The van der Waals surface area contributed by atoms with E-state index in [1.165, 1.54) is 0 Å². The summed E-state index contributed by atoms with van der Waals surface area (Å²) >= 11 is 6.15. The van der Waals surface area contributed by atoms with Gasteiger partial charge in [-0.2, -0.15) is 0 Å². The average Bonchev–Trinajstić information content (AvgIpc) is 3.26. The molecule has 3 rings (SSSR count). The zero-order valence-electron chi connectivity index (χ0n) is 18.0. The van der Waals surface area contributed by atoms with Crippen LogP contribution >= 0.6 is 11.6 Å². The summed E-state index contributed by atoms with van der Waals surface area (Å²) in [5.41, 5.74) is 0.806. The molecule has 3 N–H and O–H groups in total. The Bertz CT molecular complexity index is 904. The highest BCUT2D eigenvalue weighted by Gasteiger charge is 2.35. The van der Waals surface area contributed by atoms with Crippen molar-refractivity contribution in [3.63, 3.8) is 0 Å². The molecule has 31 heavy (non-hydrogen) atoms. The maximum atomic E-state index is 12.8. The zero-order valence-corrected chi connectivity index (χ0v) is 18.7. The summed E-state index contributed by atoms with van der Waals surface area (Å²) in [4.78, 5) is 27.3. The molecule has 0 saturated carbocycles. The van der Waals surface area contributed by atoms with Gasteiger partial charge in [0, 0.05) is 41.3 Å². The zero-order chi connectivity index (χ0) is 22.4. The average molecular weight is 444 g/mol. The molecule has 0 spiro atoms. The highest BCUT2D eigenvalue weighted by atomic mass is 35.5. The van der Waals surface area contributed by atoms with E-state index in [-0.39, 0.29) is 11.8 Å². The van der Waals surface area contributed by atoms with Crippen LogP contribution in [0, 0.1) is 0 Å². The molecule has 1 aliphatic heterocycles. The number of nitrogens with zero attached hydrogens (tertiary/aromatic N) is 1. The maximum Gasteiger partial charge on any atom is 0.254 e. The van der Waals surface area contributed by atoms with E-state index in [0.29, 0.717) is 42.2 Å². The van der Waals surface area contributed by atoms with E-state index < -0.39 is 17.7 Å². The predicted octanol–water partition coefficient (Wildman–Crippen LogP) is 3.16. The summed E-state index contributed by atoms with van der Waals surface area (Å²) in [5.74, 6) is -0.262. The number of β-amino-alcohol motifs (C(OH)–C–C–N with tert-alkyl or cyclic N) is 1. The van der Waals surface area contributed by atoms with Gasteiger partial charge in [-0.1, -0.05) is 48.0 Å². The van der Waals surface area contributed by atoms with Crippen molar-refractivity contribution in [3.8, 4) is 0 Å². The SMILES string of the molecule is CC(C)(CNC(=O)[C@H]1CCCN1C(=O)c1ccccc1)NCC(O)c1ccccc1Cl. The van der Waals surface area contributed by atoms with E-state index in [4.69, 9.17) is 11.6 Å². The van der Waals surface area contributed by atoms with Crippen LogP contribution in [0.25, 0.3) is 0 Å². The minimum atomic E-state index is -0.752. The van der Waals surface area contributed by atoms with Gasteiger partial charge in [-0.25, -0.2) is 0 Å². The highest BCUT2D eigenvalue weighted by Crippen LogP contribution is 2.23. The van der Waals surface area contributed by atoms with E-state index >= 15 is 0 Å². The number of nitrogens with one attached hydrogen (secondary N) is 2. The van der Waals surface area contributed by atoms with E-state index in [1.54, 1.807) is 29.2 Å². The van der Waals surface area contributed by atoms with Crippen LogP contribution in [0.1, 0.15) is 48.7 Å². The minimum absolute atomic E-state index is 0.113. The number of hydrogen-bond acceptors (Lipinski definition) is 4. The number of aliphatic hydroxyl groups is 1. The van der Waals surface area contributed by atoms with Crippen LogP contribution in [-0.4, -0.2) is 53.0 Å². The third kappa shape index (κ3) is 6.06. The fourth-order valence-corrected chi connectivity index (χ4v) is 4.01. The van der Waals surface area contributed by atoms with Crippen LogP contribution in [0.4, 0.5) is 0 Å². The fraction of sp³-hybridized carbons (Fsp3) is 0.417. The summed E-state index contributed by atoms with van der Waals surface area (Å²) in [7, 11) is 0. The van der Waals surface area contributed by atoms with Crippen LogP contribution < -0.4 is 10.6 Å². The van der Waals surface area contributed by atoms with Gasteiger partial charge in [-0.15, -0.1) is 0 Å². The molecule has 1 aliphatic rings. The molecule has 2 amide bonds. The topological polar surface area (TPSA) is 81.7 Å². The molecule has 2 aromatic rings. The molecule has 2 aromatic carbocycles. The second-order valence-corrected chi connectivity index (χ2v) is 8.95. The number of hydrogen-bond donors (Lipinski definition) is 3. The lowest BCUT2D eigenvalue weighted by atomic mass is 10.0. The van der Waals surface area contributed by atoms with Gasteiger partial charge in [0.25, 0.3) is 5.91 Å². The monoisotopic (exact) mass is 443 g/mol. The fourth-order valence-electron chi connectivity index (χ4n) is 3.75. The van der Waals surface area contributed by atoms with Gasteiger partial charge in [0.2, 0.25) is 5.91 Å². The maximum absolute atomic E-state index is 12.8. The van der Waals surface area contributed by atoms with Crippen molar-refractivity contribution in [1.82, 2.24) is 15.5 Å². The Labute approximate surface area is 188 Å². The van der Waals surface area contributed by atoms with E-state index in [2.05, 4.69) is 10.6 Å². The lowest BCUT2D eigenvalue weighted by Gasteiger charge is -2.30. The first-order chi connectivity index (χ1) is 14.8. The van der Waals surface area contributed by atoms with Gasteiger partial charge in [0.15, 0.2) is 0 Å². The van der Waals surface area contributed by atoms with Crippen molar-refractivity contribution in [2.75, 3.05) is 19.6 Å². The molecular weight excluding hydrogens is 414 g/mol. The van der Waals surface area contributed by atoms with Crippen molar-refractivity contribution in [2.45, 2.75) is 44.4 Å². The van der Waals surface area contributed by atoms with Gasteiger partial charge in [-0.3, -0.25) is 9.59 Å². The third-order valence-electron chi connectivity index (χ3n) is 5.58. The number of rotatable bonds is 8. The molecule has 1 saturated heterocycles. The van der Waals surface area contributed by atoms with Crippen LogP contribution in [0.15, 0.2) is 54.6 Å². The lowest BCUT2D eigenvalue weighted by Crippen LogP contribution is -2.53. The summed E-state index contributed by atoms with van der Waals surface area (Å²) in [6.45, 7) is 5.15. The molecule has 6 nitrogen and oxygen atoms in total. The second-order valence-electron chi connectivity index (χ2n) is 8.54. The van der Waals surface area contributed by atoms with Crippen LogP contribution in [-0.2, 0) is 4.79 Å². The van der Waals surface area contributed by atoms with Crippen molar-refractivity contribution < 1.29 is 14.7 Å². The van der Waals surface area contributed by atoms with Crippen molar-refractivity contribution in [3.05, 3.63) is 70.7 Å². The Morgan fingerprint density at radius 3 is 2.55 bits per heavy atom. The van der Waals surface area contributed by atoms with Gasteiger partial charge in [0.05, 0.1) is 6.10 Å². The van der Waals surface area contributed by atoms with E-state index in [0.717, 1.165) is 6.42 Å². The number of halogens is 1. The number of likely N-dealkylation sites (tertiary alicyclic amines) is 1. The molecule has 1 fully saturated rings. The van der Waals surface area contributed by atoms with Gasteiger partial charge in [-0.05, 0) is 44.9 Å². The molecule has 2 atom stereocenters. The van der Waals surface area contributed by atoms with Crippen LogP contribution in [0.2, 0.25) is 5.02 Å². The molecule has 0 aliphatic carbocycles. The first kappa shape index (κ1) is 23.3. The van der Waals surface area contributed by atoms with Crippen LogP contribution in [0.3, 0.4) is 0 Å². The summed E-state index contributed by atoms with van der Waals surface area (Å²) in [6.07, 6.45) is 0.712. The Balaban J connectivity index is 1.52. The molecule has 7 heteroatoms. The van der Waals surface area contributed by atoms with Crippen molar-refractivity contribution in [1.29, 1.82) is 0 Å². The Morgan fingerprint density at radius 1 is 1.16 bits per heavy atom. The molecule has 1 unspecified atom stereocenters. The molecule has 0 aromatic heterocycles. The quantitative estimate of drug-likeness (QED) is 0.585. The molecule has 166 valence electrons.